The molecule has 0 bridgehead atoms. The maximum absolute atomic E-state index is 11.2. The fourth-order valence-electron chi connectivity index (χ4n) is 3.86. The minimum absolute atomic E-state index is 0.00115. The summed E-state index contributed by atoms with van der Waals surface area (Å²) in [6, 6.07) is 5.45. The molecule has 12 heteroatoms. The van der Waals surface area contributed by atoms with Gasteiger partial charge >= 0.3 is 0 Å². The Balaban J connectivity index is 1.77. The molecule has 1 aromatic heterocycles. The van der Waals surface area contributed by atoms with E-state index in [1.807, 2.05) is 27.7 Å². The van der Waals surface area contributed by atoms with Gasteiger partial charge in [0.05, 0.1) is 4.90 Å². The molecule has 2 heterocycles. The van der Waals surface area contributed by atoms with E-state index in [2.05, 4.69) is 25.6 Å². The van der Waals surface area contributed by atoms with Gasteiger partial charge in [-0.15, -0.1) is 0 Å². The summed E-state index contributed by atoms with van der Waals surface area (Å²) < 4.78 is 31.4. The summed E-state index contributed by atoms with van der Waals surface area (Å²) in [6.07, 6.45) is 1.33. The first kappa shape index (κ1) is 22.6. The fourth-order valence-corrected chi connectivity index (χ4v) is 4.51. The zero-order valence-electron chi connectivity index (χ0n) is 17.1. The lowest BCUT2D eigenvalue weighted by molar-refractivity contribution is -0.243. The molecule has 1 saturated heterocycles. The van der Waals surface area contributed by atoms with Crippen molar-refractivity contribution >= 4 is 39.3 Å². The van der Waals surface area contributed by atoms with Crippen LogP contribution < -0.4 is 10.6 Å². The smallest absolute Gasteiger partial charge is 0.294 e. The Morgan fingerprint density at radius 2 is 1.57 bits per heavy atom. The SMILES string of the molecule is CC1(C)CC(Nc2nc(Cl)nc(Nc3ccc(S(=O)(=O)O)cc3)n2)CC(C)(C)N1O. The van der Waals surface area contributed by atoms with E-state index >= 15 is 0 Å². The maximum Gasteiger partial charge on any atom is 0.294 e. The van der Waals surface area contributed by atoms with E-state index in [0.29, 0.717) is 18.5 Å². The molecule has 3 rings (SSSR count). The lowest BCUT2D eigenvalue weighted by Gasteiger charge is -2.51. The predicted octanol–water partition coefficient (Wildman–Crippen LogP) is 3.34. The summed E-state index contributed by atoms with van der Waals surface area (Å²) in [5.41, 5.74) is -0.371. The Kier molecular flexibility index (Phi) is 5.95. The number of hydroxylamine groups is 2. The highest BCUT2D eigenvalue weighted by Crippen LogP contribution is 2.37. The van der Waals surface area contributed by atoms with E-state index in [-0.39, 0.29) is 28.1 Å². The number of halogens is 1. The molecule has 4 N–H and O–H groups in total. The van der Waals surface area contributed by atoms with Crippen LogP contribution in [-0.4, -0.2) is 55.3 Å². The molecule has 0 amide bonds. The number of hydrogen-bond donors (Lipinski definition) is 4. The summed E-state index contributed by atoms with van der Waals surface area (Å²) in [7, 11) is -4.27. The average Bonchev–Trinajstić information content (AvgIpc) is 2.58. The lowest BCUT2D eigenvalue weighted by atomic mass is 9.79. The van der Waals surface area contributed by atoms with Crippen molar-refractivity contribution in [3.8, 4) is 0 Å². The zero-order chi connectivity index (χ0) is 22.3. The first-order valence-electron chi connectivity index (χ1n) is 9.28. The Morgan fingerprint density at radius 3 is 2.10 bits per heavy atom. The second-order valence-electron chi connectivity index (χ2n) is 8.56. The highest BCUT2D eigenvalue weighted by atomic mass is 35.5. The number of aromatic nitrogens is 3. The van der Waals surface area contributed by atoms with Crippen molar-refractivity contribution in [2.75, 3.05) is 10.6 Å². The molecule has 1 aliphatic rings. The molecular formula is C18H25ClN6O4S. The van der Waals surface area contributed by atoms with Crippen molar-refractivity contribution in [3.05, 3.63) is 29.5 Å². The lowest BCUT2D eigenvalue weighted by Crippen LogP contribution is -2.61. The van der Waals surface area contributed by atoms with Crippen LogP contribution in [0.2, 0.25) is 5.28 Å². The van der Waals surface area contributed by atoms with E-state index in [1.165, 1.54) is 29.3 Å². The molecule has 1 fully saturated rings. The second-order valence-corrected chi connectivity index (χ2v) is 10.3. The van der Waals surface area contributed by atoms with Crippen molar-refractivity contribution < 1.29 is 18.2 Å². The molecule has 0 radical (unpaired) electrons. The monoisotopic (exact) mass is 456 g/mol. The van der Waals surface area contributed by atoms with Crippen molar-refractivity contribution in [1.82, 2.24) is 20.0 Å². The van der Waals surface area contributed by atoms with Crippen molar-refractivity contribution in [2.24, 2.45) is 0 Å². The highest BCUT2D eigenvalue weighted by Gasteiger charge is 2.45. The summed E-state index contributed by atoms with van der Waals surface area (Å²) >= 11 is 6.05. The highest BCUT2D eigenvalue weighted by molar-refractivity contribution is 7.85. The van der Waals surface area contributed by atoms with Gasteiger partial charge in [-0.3, -0.25) is 4.55 Å². The van der Waals surface area contributed by atoms with Gasteiger partial charge in [-0.1, -0.05) is 0 Å². The quantitative estimate of drug-likeness (QED) is 0.495. The van der Waals surface area contributed by atoms with E-state index < -0.39 is 21.2 Å². The van der Waals surface area contributed by atoms with Crippen LogP contribution in [0.1, 0.15) is 40.5 Å². The number of rotatable bonds is 5. The number of hydrogen-bond acceptors (Lipinski definition) is 9. The number of anilines is 3. The molecule has 0 spiro atoms. The van der Waals surface area contributed by atoms with Crippen molar-refractivity contribution in [2.45, 2.75) is 62.6 Å². The Morgan fingerprint density at radius 1 is 1.03 bits per heavy atom. The molecule has 0 unspecified atom stereocenters. The van der Waals surface area contributed by atoms with Crippen LogP contribution in [0, 0.1) is 0 Å². The van der Waals surface area contributed by atoms with Gasteiger partial charge < -0.3 is 15.8 Å². The van der Waals surface area contributed by atoms with E-state index in [1.54, 1.807) is 0 Å². The van der Waals surface area contributed by atoms with Crippen LogP contribution >= 0.6 is 11.6 Å². The Bertz CT molecular complexity index is 1010. The first-order valence-corrected chi connectivity index (χ1v) is 11.1. The van der Waals surface area contributed by atoms with Crippen LogP contribution in [0.15, 0.2) is 29.2 Å². The zero-order valence-corrected chi connectivity index (χ0v) is 18.7. The molecule has 0 aliphatic carbocycles. The molecule has 10 nitrogen and oxygen atoms in total. The standard InChI is InChI=1S/C18H25ClN6O4S/c1-17(2)9-12(10-18(3,4)25(17)26)21-16-23-14(19)22-15(24-16)20-11-5-7-13(8-6-11)30(27,28)29/h5-8,12,26H,9-10H2,1-4H3,(H,27,28,29)(H2,20,21,22,23,24). The van der Waals surface area contributed by atoms with Gasteiger partial charge in [0.2, 0.25) is 17.2 Å². The molecule has 30 heavy (non-hydrogen) atoms. The molecular weight excluding hydrogens is 432 g/mol. The van der Waals surface area contributed by atoms with E-state index in [9.17, 15) is 13.6 Å². The summed E-state index contributed by atoms with van der Waals surface area (Å²) in [4.78, 5) is 12.3. The van der Waals surface area contributed by atoms with Crippen LogP contribution in [0.3, 0.4) is 0 Å². The molecule has 2 aromatic rings. The van der Waals surface area contributed by atoms with Crippen molar-refractivity contribution in [1.29, 1.82) is 0 Å². The van der Waals surface area contributed by atoms with Gasteiger partial charge in [0, 0.05) is 22.8 Å². The third-order valence-electron chi connectivity index (χ3n) is 4.99. The van der Waals surface area contributed by atoms with Gasteiger partial charge in [-0.2, -0.15) is 28.4 Å². The van der Waals surface area contributed by atoms with Gasteiger partial charge in [0.15, 0.2) is 0 Å². The van der Waals surface area contributed by atoms with Crippen LogP contribution in [0.5, 0.6) is 0 Å². The molecule has 0 saturated carbocycles. The van der Waals surface area contributed by atoms with Gasteiger partial charge in [0.1, 0.15) is 0 Å². The molecule has 1 aliphatic heterocycles. The maximum atomic E-state index is 11.2. The predicted molar refractivity (Wildman–Crippen MR) is 113 cm³/mol. The topological polar surface area (TPSA) is 141 Å². The average molecular weight is 457 g/mol. The number of nitrogens with zero attached hydrogens (tertiary/aromatic N) is 4. The van der Waals surface area contributed by atoms with Crippen LogP contribution in [-0.2, 0) is 10.1 Å². The number of benzene rings is 1. The minimum atomic E-state index is -4.27. The second kappa shape index (κ2) is 7.89. The largest absolute Gasteiger partial charge is 0.351 e. The van der Waals surface area contributed by atoms with E-state index in [4.69, 9.17) is 16.2 Å². The Hall–Kier alpha value is -2.05. The van der Waals surface area contributed by atoms with Gasteiger partial charge in [0.25, 0.3) is 10.1 Å². The summed E-state index contributed by atoms with van der Waals surface area (Å²) in [5, 5.41) is 18.0. The summed E-state index contributed by atoms with van der Waals surface area (Å²) in [5.74, 6) is 0.463. The van der Waals surface area contributed by atoms with E-state index in [0.717, 1.165) is 0 Å². The minimum Gasteiger partial charge on any atom is -0.351 e. The van der Waals surface area contributed by atoms with Gasteiger partial charge in [-0.25, -0.2) is 0 Å². The fraction of sp³-hybridized carbons (Fsp3) is 0.500. The molecule has 0 atom stereocenters. The molecule has 1 aromatic carbocycles. The molecule has 164 valence electrons. The van der Waals surface area contributed by atoms with Crippen LogP contribution in [0.25, 0.3) is 0 Å². The van der Waals surface area contributed by atoms with Gasteiger partial charge in [-0.05, 0) is 76.4 Å². The third kappa shape index (κ3) is 5.16. The normalized spacial score (nSPS) is 19.4. The first-order chi connectivity index (χ1) is 13.8. The number of nitrogens with one attached hydrogen (secondary N) is 2. The van der Waals surface area contributed by atoms with Crippen molar-refractivity contribution in [3.63, 3.8) is 0 Å². The third-order valence-corrected chi connectivity index (χ3v) is 6.03. The Labute approximate surface area is 180 Å². The van der Waals surface area contributed by atoms with Crippen LogP contribution in [0.4, 0.5) is 17.6 Å². The number of piperidine rings is 1. The summed E-state index contributed by atoms with van der Waals surface area (Å²) in [6.45, 7) is 7.86.